The van der Waals surface area contributed by atoms with Crippen LogP contribution in [0.5, 0.6) is 0 Å². The third-order valence-electron chi connectivity index (χ3n) is 5.57. The van der Waals surface area contributed by atoms with Gasteiger partial charge >= 0.3 is 0 Å². The van der Waals surface area contributed by atoms with Crippen molar-refractivity contribution in [2.24, 2.45) is 0 Å². The fourth-order valence-electron chi connectivity index (χ4n) is 3.79. The van der Waals surface area contributed by atoms with E-state index in [1.807, 2.05) is 18.3 Å². The molecule has 0 radical (unpaired) electrons. The van der Waals surface area contributed by atoms with Gasteiger partial charge in [-0.25, -0.2) is 15.0 Å². The molecule has 7 nitrogen and oxygen atoms in total. The van der Waals surface area contributed by atoms with E-state index < -0.39 is 0 Å². The van der Waals surface area contributed by atoms with Crippen LogP contribution in [0.1, 0.15) is 36.3 Å². The Labute approximate surface area is 175 Å². The van der Waals surface area contributed by atoms with Crippen molar-refractivity contribution in [3.05, 3.63) is 59.9 Å². The fraction of sp³-hybridized carbons (Fsp3) is 0.304. The molecule has 3 aromatic rings. The summed E-state index contributed by atoms with van der Waals surface area (Å²) in [5.41, 5.74) is 3.62. The monoisotopic (exact) mass is 398 g/mol. The Balaban J connectivity index is 1.43. The maximum Gasteiger partial charge on any atom is 0.132 e. The topological polar surface area (TPSA) is 98.0 Å². The minimum absolute atomic E-state index is 0.273. The Morgan fingerprint density at radius 3 is 2.67 bits per heavy atom. The first-order valence-corrected chi connectivity index (χ1v) is 10.2. The number of nitriles is 1. The number of rotatable bonds is 5. The summed E-state index contributed by atoms with van der Waals surface area (Å²) in [5, 5.41) is 22.1. The van der Waals surface area contributed by atoms with Gasteiger partial charge in [-0.05, 0) is 67.1 Å². The van der Waals surface area contributed by atoms with Gasteiger partial charge in [0.15, 0.2) is 0 Å². The molecule has 7 heteroatoms. The molecule has 1 aliphatic carbocycles. The quantitative estimate of drug-likeness (QED) is 0.677. The second-order valence-corrected chi connectivity index (χ2v) is 7.91. The molecule has 150 valence electrons. The summed E-state index contributed by atoms with van der Waals surface area (Å²) in [4.78, 5) is 15.8. The van der Waals surface area contributed by atoms with E-state index in [0.717, 1.165) is 30.0 Å². The van der Waals surface area contributed by atoms with E-state index in [1.165, 1.54) is 18.4 Å². The lowest BCUT2D eigenvalue weighted by molar-refractivity contribution is 0.198. The first kappa shape index (κ1) is 18.5. The van der Waals surface area contributed by atoms with E-state index in [4.69, 9.17) is 10.2 Å². The number of hydrogen-bond acceptors (Lipinski definition) is 7. The second kappa shape index (κ2) is 7.73. The zero-order valence-electron chi connectivity index (χ0n) is 16.5. The van der Waals surface area contributed by atoms with Crippen LogP contribution in [-0.2, 0) is 0 Å². The highest BCUT2D eigenvalue weighted by atomic mass is 16.3. The van der Waals surface area contributed by atoms with Gasteiger partial charge in [0.1, 0.15) is 17.5 Å². The minimum atomic E-state index is -0.273. The number of hydrogen-bond donors (Lipinski definition) is 2. The number of nitrogens with zero attached hydrogens (tertiary/aromatic N) is 5. The molecule has 2 aliphatic rings. The summed E-state index contributed by atoms with van der Waals surface area (Å²) in [5.74, 6) is 2.76. The van der Waals surface area contributed by atoms with Crippen LogP contribution in [0.2, 0.25) is 0 Å². The molecular formula is C23H22N6O. The van der Waals surface area contributed by atoms with Crippen molar-refractivity contribution in [2.75, 3.05) is 23.3 Å². The van der Waals surface area contributed by atoms with Gasteiger partial charge in [0.05, 0.1) is 23.4 Å². The molecule has 5 rings (SSSR count). The van der Waals surface area contributed by atoms with Gasteiger partial charge < -0.3 is 15.3 Å². The molecule has 0 aromatic carbocycles. The molecule has 4 heterocycles. The lowest BCUT2D eigenvalue weighted by Crippen LogP contribution is -2.21. The highest BCUT2D eigenvalue weighted by Gasteiger charge is 2.25. The molecule has 2 N–H and O–H groups in total. The Hall–Kier alpha value is -3.50. The SMILES string of the molecule is N#Cc1ccnc(Nc2cc(C3CC3)cc(-c3ccc(N4CCC(O)C4)nc3)n2)c1. The Morgan fingerprint density at radius 2 is 1.97 bits per heavy atom. The van der Waals surface area contributed by atoms with Gasteiger partial charge in [0, 0.05) is 31.0 Å². The molecule has 1 aliphatic heterocycles. The highest BCUT2D eigenvalue weighted by Crippen LogP contribution is 2.42. The highest BCUT2D eigenvalue weighted by molar-refractivity contribution is 5.66. The Morgan fingerprint density at radius 1 is 1.07 bits per heavy atom. The smallest absolute Gasteiger partial charge is 0.132 e. The predicted octanol–water partition coefficient (Wildman–Crippen LogP) is 3.60. The van der Waals surface area contributed by atoms with Crippen molar-refractivity contribution in [3.63, 3.8) is 0 Å². The van der Waals surface area contributed by atoms with E-state index in [2.05, 4.69) is 38.4 Å². The number of pyridine rings is 3. The summed E-state index contributed by atoms with van der Waals surface area (Å²) in [6, 6.07) is 13.7. The van der Waals surface area contributed by atoms with Crippen molar-refractivity contribution >= 4 is 17.5 Å². The number of aromatic nitrogens is 3. The Kier molecular flexibility index (Phi) is 4.77. The van der Waals surface area contributed by atoms with E-state index in [1.54, 1.807) is 18.3 Å². The molecule has 0 bridgehead atoms. The average Bonchev–Trinajstić information content (AvgIpc) is 3.54. The van der Waals surface area contributed by atoms with Crippen molar-refractivity contribution in [1.82, 2.24) is 15.0 Å². The largest absolute Gasteiger partial charge is 0.391 e. The molecule has 1 saturated carbocycles. The average molecular weight is 398 g/mol. The van der Waals surface area contributed by atoms with Crippen molar-refractivity contribution in [2.45, 2.75) is 31.3 Å². The van der Waals surface area contributed by atoms with Gasteiger partial charge in [-0.3, -0.25) is 0 Å². The number of aliphatic hydroxyl groups is 1. The molecule has 1 unspecified atom stereocenters. The van der Waals surface area contributed by atoms with Gasteiger partial charge in [-0.1, -0.05) is 0 Å². The van der Waals surface area contributed by atoms with Crippen molar-refractivity contribution < 1.29 is 5.11 Å². The first-order valence-electron chi connectivity index (χ1n) is 10.2. The van der Waals surface area contributed by atoms with Crippen LogP contribution in [0, 0.1) is 11.3 Å². The van der Waals surface area contributed by atoms with Crippen LogP contribution < -0.4 is 10.2 Å². The van der Waals surface area contributed by atoms with Gasteiger partial charge in [-0.15, -0.1) is 0 Å². The lowest BCUT2D eigenvalue weighted by atomic mass is 10.1. The zero-order chi connectivity index (χ0) is 20.5. The molecule has 3 aromatic heterocycles. The fourth-order valence-corrected chi connectivity index (χ4v) is 3.79. The van der Waals surface area contributed by atoms with Gasteiger partial charge in [-0.2, -0.15) is 5.26 Å². The van der Waals surface area contributed by atoms with E-state index in [-0.39, 0.29) is 6.10 Å². The maximum absolute atomic E-state index is 9.76. The van der Waals surface area contributed by atoms with Crippen LogP contribution in [0.3, 0.4) is 0 Å². The van der Waals surface area contributed by atoms with Gasteiger partial charge in [0.25, 0.3) is 0 Å². The van der Waals surface area contributed by atoms with Crippen LogP contribution in [0.15, 0.2) is 48.8 Å². The summed E-state index contributed by atoms with van der Waals surface area (Å²) < 4.78 is 0. The maximum atomic E-state index is 9.76. The van der Waals surface area contributed by atoms with Crippen molar-refractivity contribution in [3.8, 4) is 17.3 Å². The van der Waals surface area contributed by atoms with Crippen LogP contribution in [0.25, 0.3) is 11.3 Å². The van der Waals surface area contributed by atoms with E-state index in [9.17, 15) is 5.11 Å². The number of β-amino-alcohol motifs (C(OH)–C–C–N with tert-alkyl or cyclic N) is 1. The third-order valence-corrected chi connectivity index (χ3v) is 5.57. The zero-order valence-corrected chi connectivity index (χ0v) is 16.5. The molecule has 0 spiro atoms. The lowest BCUT2D eigenvalue weighted by Gasteiger charge is -2.17. The number of nitrogens with one attached hydrogen (secondary N) is 1. The normalized spacial score (nSPS) is 18.3. The van der Waals surface area contributed by atoms with Gasteiger partial charge in [0.2, 0.25) is 0 Å². The van der Waals surface area contributed by atoms with E-state index >= 15 is 0 Å². The van der Waals surface area contributed by atoms with Crippen LogP contribution in [0.4, 0.5) is 17.5 Å². The first-order chi connectivity index (χ1) is 14.7. The molecule has 30 heavy (non-hydrogen) atoms. The molecular weight excluding hydrogens is 376 g/mol. The summed E-state index contributed by atoms with van der Waals surface area (Å²) in [6.45, 7) is 1.45. The predicted molar refractivity (Wildman–Crippen MR) is 115 cm³/mol. The van der Waals surface area contributed by atoms with Crippen LogP contribution in [-0.4, -0.2) is 39.3 Å². The summed E-state index contributed by atoms with van der Waals surface area (Å²) in [6.07, 6.45) is 6.36. The molecule has 1 atom stereocenters. The third kappa shape index (κ3) is 3.95. The second-order valence-electron chi connectivity index (χ2n) is 7.91. The molecule has 1 saturated heterocycles. The number of anilines is 3. The minimum Gasteiger partial charge on any atom is -0.391 e. The van der Waals surface area contributed by atoms with Crippen molar-refractivity contribution in [1.29, 1.82) is 5.26 Å². The Bertz CT molecular complexity index is 1100. The standard InChI is InChI=1S/C23H22N6O/c24-12-15-5-7-25-21(9-15)28-22-11-18(16-1-2-16)10-20(27-22)17-3-4-23(26-13-17)29-8-6-19(30)14-29/h3-5,7,9-11,13,16,19,30H,1-2,6,8,14H2,(H,25,27,28). The summed E-state index contributed by atoms with van der Waals surface area (Å²) >= 11 is 0. The van der Waals surface area contributed by atoms with Crippen LogP contribution >= 0.6 is 0 Å². The molecule has 0 amide bonds. The molecule has 2 fully saturated rings. The number of aliphatic hydroxyl groups excluding tert-OH is 1. The van der Waals surface area contributed by atoms with E-state index in [0.29, 0.717) is 29.7 Å². The summed E-state index contributed by atoms with van der Waals surface area (Å²) in [7, 11) is 0.